The number of hydroxylamine groups is 2. The predicted molar refractivity (Wildman–Crippen MR) is 378 cm³/mol. The van der Waals surface area contributed by atoms with Crippen LogP contribution in [0.5, 0.6) is 0 Å². The highest BCUT2D eigenvalue weighted by Crippen LogP contribution is 2.34. The Labute approximate surface area is 590 Å². The molecule has 99 heavy (non-hydrogen) atoms. The van der Waals surface area contributed by atoms with Crippen molar-refractivity contribution in [2.75, 3.05) is 81.7 Å². The number of hydrogen-bond acceptors (Lipinski definition) is 15. The number of fused-ring (bicyclic) bond motifs is 1. The minimum absolute atomic E-state index is 0.0506. The van der Waals surface area contributed by atoms with Gasteiger partial charge in [0.2, 0.25) is 59.1 Å². The first-order chi connectivity index (χ1) is 46.4. The summed E-state index contributed by atoms with van der Waals surface area (Å²) in [5.41, 5.74) is 1.12. The first-order valence-corrected chi connectivity index (χ1v) is 36.2. The van der Waals surface area contributed by atoms with Crippen molar-refractivity contribution in [3.05, 3.63) is 35.9 Å². The summed E-state index contributed by atoms with van der Waals surface area (Å²) in [6.45, 7) is 31.9. The van der Waals surface area contributed by atoms with Crippen molar-refractivity contribution in [2.24, 2.45) is 35.5 Å². The summed E-state index contributed by atoms with van der Waals surface area (Å²) in [7, 11) is 8.70. The second-order valence-electron chi connectivity index (χ2n) is 29.9. The third-order valence-corrected chi connectivity index (χ3v) is 19.7. The number of rotatable bonds is 21. The molecule has 3 aliphatic rings. The number of carbonyl (C=O) groups excluding carboxylic acids is 11. The van der Waals surface area contributed by atoms with E-state index >= 15 is 28.8 Å². The molecule has 1 aromatic rings. The van der Waals surface area contributed by atoms with Crippen molar-refractivity contribution in [1.29, 1.82) is 0 Å². The summed E-state index contributed by atoms with van der Waals surface area (Å²) in [6, 6.07) is -3.67. The lowest BCUT2D eigenvalue weighted by Gasteiger charge is -2.50. The molecular formula is C73H124N12O14. The Kier molecular flexibility index (Phi) is 33.7. The van der Waals surface area contributed by atoms with Crippen molar-refractivity contribution in [2.45, 2.75) is 247 Å². The van der Waals surface area contributed by atoms with E-state index in [1.165, 1.54) is 92.5 Å². The smallest absolute Gasteiger partial charge is 0.270 e. The van der Waals surface area contributed by atoms with Crippen LogP contribution in [0.25, 0.3) is 0 Å². The SMILES string of the molecule is CC[C@@H]1NC(=O)[C@@H]2[C@@H]([C@H](C)CCCc3ccccc3)ON2C(=O)C(C(C)C)N(C)C(=O)[C@H](CC(C)C)N(C)C(=O)[C@H](CC(C)C)N(C)C(=O)[C@@H](C)NC(=O)[C@H](C)NC(=O)[C@H](CC(C)C)N(C)C(=O)C(C(C)C)NC(=O)C([C@@H](C)OCCCCN2CCOCC2)N(C)C(=O)[C@@H](C)N(C)C1=O. The minimum Gasteiger partial charge on any atom is -0.379 e. The van der Waals surface area contributed by atoms with Crippen LogP contribution in [0.2, 0.25) is 0 Å². The number of aryl methyl sites for hydroxylation is 1. The van der Waals surface area contributed by atoms with Crippen molar-refractivity contribution in [3.8, 4) is 0 Å². The van der Waals surface area contributed by atoms with Gasteiger partial charge < -0.3 is 60.1 Å². The molecule has 0 bridgehead atoms. The monoisotopic (exact) mass is 1390 g/mol. The van der Waals surface area contributed by atoms with Crippen LogP contribution in [0.15, 0.2) is 30.3 Å². The van der Waals surface area contributed by atoms with Gasteiger partial charge >= 0.3 is 0 Å². The van der Waals surface area contributed by atoms with Gasteiger partial charge in [-0.3, -0.25) is 62.5 Å². The molecule has 3 unspecified atom stereocenters. The van der Waals surface area contributed by atoms with Crippen LogP contribution in [0, 0.1) is 35.5 Å². The number of morpholine rings is 1. The number of hydrogen-bond donors (Lipinski definition) is 4. The zero-order valence-electron chi connectivity index (χ0n) is 63.8. The summed E-state index contributed by atoms with van der Waals surface area (Å²) < 4.78 is 11.9. The molecular weight excluding hydrogens is 1270 g/mol. The standard InChI is InChI=1S/C73H124N12O14/c1-23-54-69(92)78(17)51(15)68(91)83(22)60(52(16)98-37-28-27-34-84-35-38-97-39-36-84)65(88)77-58(46(8)9)72(95)79(18)55(40-43(2)3)64(87)74-49(13)63(86)75-50(14)67(90)80(19)56(41-44(4)5)70(93)81(20)57(42-45(6)7)71(94)82(21)59(47(10)11)73(96)85-61(66(89)76-54)62(99-85)48(12)30-29-33-53-31-25-24-26-32-53/h24-26,31-32,43-52,54-62H,23,27-30,33-42H2,1-22H3,(H,74,87)(H,75,86)(H,76,89)(H,77,88)/t48-,49+,50-,51-,52-,54+,55+,56+,57+,58?,59?,60?,61+,62-/m1/s1. The average molecular weight is 1390 g/mol. The van der Waals surface area contributed by atoms with Crippen LogP contribution in [0.4, 0.5) is 0 Å². The second-order valence-corrected chi connectivity index (χ2v) is 29.9. The van der Waals surface area contributed by atoms with Crippen LogP contribution in [-0.2, 0) is 73.5 Å². The molecule has 0 radical (unpaired) electrons. The molecule has 11 amide bonds. The molecule has 0 aromatic heterocycles. The van der Waals surface area contributed by atoms with Gasteiger partial charge in [0.05, 0.1) is 19.3 Å². The Morgan fingerprint density at radius 3 is 1.58 bits per heavy atom. The molecule has 26 heteroatoms. The number of nitrogens with one attached hydrogen (secondary N) is 4. The molecule has 26 nitrogen and oxygen atoms in total. The average Bonchev–Trinajstić information content (AvgIpc) is 0.754. The number of unbranched alkanes of at least 4 members (excludes halogenated alkanes) is 1. The van der Waals surface area contributed by atoms with Crippen molar-refractivity contribution in [3.63, 3.8) is 0 Å². The van der Waals surface area contributed by atoms with Gasteiger partial charge in [0.1, 0.15) is 66.5 Å². The predicted octanol–water partition coefficient (Wildman–Crippen LogP) is 4.51. The maximum atomic E-state index is 15.4. The zero-order chi connectivity index (χ0) is 74.6. The normalized spacial score (nSPS) is 27.7. The summed E-state index contributed by atoms with van der Waals surface area (Å²) in [6.07, 6.45) is 2.13. The summed E-state index contributed by atoms with van der Waals surface area (Å²) >= 11 is 0. The summed E-state index contributed by atoms with van der Waals surface area (Å²) in [4.78, 5) is 180. The van der Waals surface area contributed by atoms with Crippen LogP contribution >= 0.6 is 0 Å². The van der Waals surface area contributed by atoms with E-state index in [0.717, 1.165) is 49.5 Å². The third-order valence-electron chi connectivity index (χ3n) is 19.7. The lowest BCUT2D eigenvalue weighted by atomic mass is 9.88. The van der Waals surface area contributed by atoms with E-state index in [1.807, 2.05) is 78.8 Å². The molecule has 3 aliphatic heterocycles. The fourth-order valence-electron chi connectivity index (χ4n) is 13.4. The quantitative estimate of drug-likeness (QED) is 0.123. The van der Waals surface area contributed by atoms with Gasteiger partial charge in [-0.15, -0.1) is 0 Å². The first kappa shape index (κ1) is 84.6. The topological polar surface area (TPSA) is 290 Å². The van der Waals surface area contributed by atoms with Gasteiger partial charge in [0, 0.05) is 62.0 Å². The number of benzene rings is 1. The molecule has 1 aromatic carbocycles. The molecule has 3 heterocycles. The third kappa shape index (κ3) is 23.1. The van der Waals surface area contributed by atoms with Crippen LogP contribution < -0.4 is 21.3 Å². The zero-order valence-corrected chi connectivity index (χ0v) is 63.8. The molecule has 4 N–H and O–H groups in total. The van der Waals surface area contributed by atoms with E-state index in [4.69, 9.17) is 14.3 Å². The largest absolute Gasteiger partial charge is 0.379 e. The van der Waals surface area contributed by atoms with Gasteiger partial charge in [-0.2, -0.15) is 0 Å². The van der Waals surface area contributed by atoms with Gasteiger partial charge in [0.25, 0.3) is 5.91 Å². The Bertz CT molecular complexity index is 2860. The van der Waals surface area contributed by atoms with Crippen LogP contribution in [0.1, 0.15) is 168 Å². The lowest BCUT2D eigenvalue weighted by molar-refractivity contribution is -0.322. The van der Waals surface area contributed by atoms with Gasteiger partial charge in [-0.25, -0.2) is 5.06 Å². The Hall–Kier alpha value is -6.77. The minimum atomic E-state index is -1.38. The second kappa shape index (κ2) is 39.4. The first-order valence-electron chi connectivity index (χ1n) is 36.2. The van der Waals surface area contributed by atoms with Crippen LogP contribution in [0.3, 0.4) is 0 Å². The molecule has 3 fully saturated rings. The summed E-state index contributed by atoms with van der Waals surface area (Å²) in [5, 5.41) is 12.2. The lowest BCUT2D eigenvalue weighted by Crippen LogP contribution is -2.72. The van der Waals surface area contributed by atoms with Crippen molar-refractivity contribution in [1.82, 2.24) is 60.6 Å². The van der Waals surface area contributed by atoms with E-state index in [0.29, 0.717) is 26.1 Å². The Morgan fingerprint density at radius 1 is 0.505 bits per heavy atom. The fraction of sp³-hybridized carbons (Fsp3) is 0.767. The van der Waals surface area contributed by atoms with E-state index in [2.05, 4.69) is 26.2 Å². The van der Waals surface area contributed by atoms with E-state index < -0.39 is 155 Å². The Morgan fingerprint density at radius 2 is 1.03 bits per heavy atom. The molecule has 0 spiro atoms. The number of likely N-dealkylation sites (N-methyl/N-ethyl adjacent to an activating group) is 6. The highest BCUT2D eigenvalue weighted by atomic mass is 16.7. The molecule has 14 atom stereocenters. The number of ether oxygens (including phenoxy) is 2. The fourth-order valence-corrected chi connectivity index (χ4v) is 13.4. The maximum Gasteiger partial charge on any atom is 0.270 e. The highest BCUT2D eigenvalue weighted by molar-refractivity contribution is 6.00. The maximum absolute atomic E-state index is 15.4. The number of carbonyl (C=O) groups is 11. The van der Waals surface area contributed by atoms with Gasteiger partial charge in [0.15, 0.2) is 6.04 Å². The molecule has 3 saturated heterocycles. The van der Waals surface area contributed by atoms with Crippen molar-refractivity contribution >= 4 is 65.0 Å². The molecule has 560 valence electrons. The van der Waals surface area contributed by atoms with Crippen molar-refractivity contribution < 1.29 is 67.1 Å². The molecule has 0 saturated carbocycles. The summed E-state index contributed by atoms with van der Waals surface area (Å²) in [5.74, 6) is -9.25. The van der Waals surface area contributed by atoms with Gasteiger partial charge in [-0.1, -0.05) is 113 Å². The van der Waals surface area contributed by atoms with Crippen LogP contribution in [-0.4, -0.2) is 265 Å². The highest BCUT2D eigenvalue weighted by Gasteiger charge is 2.55. The Balaban J connectivity index is 1.88. The number of amides is 11. The molecule has 0 aliphatic carbocycles. The van der Waals surface area contributed by atoms with Gasteiger partial charge in [-0.05, 0) is 133 Å². The van der Waals surface area contributed by atoms with E-state index in [1.54, 1.807) is 41.5 Å². The molecule has 4 rings (SSSR count). The number of nitrogens with zero attached hydrogens (tertiary/aromatic N) is 8. The van der Waals surface area contributed by atoms with E-state index in [-0.39, 0.29) is 56.0 Å². The van der Waals surface area contributed by atoms with E-state index in [9.17, 15) is 24.0 Å².